The number of aromatic nitrogens is 2. The maximum absolute atomic E-state index is 13.2. The van der Waals surface area contributed by atoms with Gasteiger partial charge in [0.1, 0.15) is 5.76 Å². The third-order valence-corrected chi connectivity index (χ3v) is 5.08. The average molecular weight is 376 g/mol. The molecule has 1 atom stereocenters. The molecule has 1 N–H and O–H groups in total. The number of allylic oxidation sites excluding steroid dienone is 2. The molecule has 0 saturated carbocycles. The Labute approximate surface area is 164 Å². The molecule has 144 valence electrons. The second kappa shape index (κ2) is 7.84. The van der Waals surface area contributed by atoms with E-state index in [9.17, 15) is 4.79 Å². The van der Waals surface area contributed by atoms with Gasteiger partial charge in [0.05, 0.1) is 18.5 Å². The lowest BCUT2D eigenvalue weighted by atomic mass is 10.0. The van der Waals surface area contributed by atoms with Gasteiger partial charge >= 0.3 is 0 Å². The first-order chi connectivity index (χ1) is 13.7. The van der Waals surface area contributed by atoms with Crippen LogP contribution in [0.25, 0.3) is 5.69 Å². The van der Waals surface area contributed by atoms with Crippen molar-refractivity contribution in [2.24, 2.45) is 10.9 Å². The Balaban J connectivity index is 1.68. The van der Waals surface area contributed by atoms with E-state index in [2.05, 4.69) is 22.5 Å². The van der Waals surface area contributed by atoms with Gasteiger partial charge in [-0.2, -0.15) is 0 Å². The van der Waals surface area contributed by atoms with Crippen molar-refractivity contribution in [3.63, 3.8) is 0 Å². The van der Waals surface area contributed by atoms with Crippen LogP contribution in [0.15, 0.2) is 64.1 Å². The highest BCUT2D eigenvalue weighted by Gasteiger charge is 2.21. The van der Waals surface area contributed by atoms with Crippen LogP contribution in [0.2, 0.25) is 0 Å². The smallest absolute Gasteiger partial charge is 0.285 e. The van der Waals surface area contributed by atoms with E-state index in [0.29, 0.717) is 24.1 Å². The van der Waals surface area contributed by atoms with Crippen LogP contribution in [0, 0.1) is 5.92 Å². The first-order valence-electron chi connectivity index (χ1n) is 9.57. The largest absolute Gasteiger partial charge is 0.497 e. The Bertz CT molecular complexity index is 1020. The number of fused-ring (bicyclic) bond motifs is 1. The van der Waals surface area contributed by atoms with Gasteiger partial charge in [0.15, 0.2) is 5.69 Å². The van der Waals surface area contributed by atoms with Crippen molar-refractivity contribution in [1.29, 1.82) is 0 Å². The lowest BCUT2D eigenvalue weighted by molar-refractivity contribution is 0.301. The molecule has 0 spiro atoms. The number of ether oxygens (including phenoxy) is 1. The molecular formula is C22H24N4O2. The zero-order valence-electron chi connectivity index (χ0n) is 16.2. The molecule has 2 aliphatic rings. The summed E-state index contributed by atoms with van der Waals surface area (Å²) in [6.07, 6.45) is 8.66. The number of nitrogens with zero attached hydrogens (tertiary/aromatic N) is 3. The van der Waals surface area contributed by atoms with E-state index in [1.54, 1.807) is 11.7 Å². The van der Waals surface area contributed by atoms with Crippen molar-refractivity contribution < 1.29 is 4.74 Å². The third kappa shape index (κ3) is 3.63. The minimum atomic E-state index is -0.126. The molecule has 6 nitrogen and oxygen atoms in total. The lowest BCUT2D eigenvalue weighted by Gasteiger charge is -2.21. The van der Waals surface area contributed by atoms with Crippen LogP contribution < -0.4 is 10.9 Å². The molecule has 0 bridgehead atoms. The number of aryl methyl sites for hydroxylation is 1. The summed E-state index contributed by atoms with van der Waals surface area (Å²) in [6.45, 7) is 2.64. The van der Waals surface area contributed by atoms with E-state index >= 15 is 0 Å². The Morgan fingerprint density at radius 3 is 2.79 bits per heavy atom. The van der Waals surface area contributed by atoms with Crippen LogP contribution in [0.3, 0.4) is 0 Å². The number of aliphatic imine (C=N–C) groups is 1. The molecule has 2 aromatic rings. The van der Waals surface area contributed by atoms with Crippen LogP contribution >= 0.6 is 0 Å². The molecular weight excluding hydrogens is 352 g/mol. The van der Waals surface area contributed by atoms with E-state index in [0.717, 1.165) is 42.1 Å². The van der Waals surface area contributed by atoms with E-state index in [1.807, 2.05) is 43.3 Å². The maximum atomic E-state index is 13.2. The second-order valence-corrected chi connectivity index (χ2v) is 7.10. The molecule has 1 aromatic carbocycles. The molecule has 4 rings (SSSR count). The van der Waals surface area contributed by atoms with Crippen molar-refractivity contribution >= 4 is 17.3 Å². The topological polar surface area (TPSA) is 68.5 Å². The van der Waals surface area contributed by atoms with Gasteiger partial charge in [0, 0.05) is 12.3 Å². The van der Waals surface area contributed by atoms with E-state index in [4.69, 9.17) is 9.72 Å². The molecule has 1 aliphatic carbocycles. The van der Waals surface area contributed by atoms with Crippen molar-refractivity contribution in [2.75, 3.05) is 19.0 Å². The predicted molar refractivity (Wildman–Crippen MR) is 112 cm³/mol. The first-order valence-corrected chi connectivity index (χ1v) is 9.57. The minimum Gasteiger partial charge on any atom is -0.497 e. The van der Waals surface area contributed by atoms with Gasteiger partial charge in [0.2, 0.25) is 5.95 Å². The summed E-state index contributed by atoms with van der Waals surface area (Å²) in [6, 6.07) is 9.59. The van der Waals surface area contributed by atoms with Crippen molar-refractivity contribution in [2.45, 2.75) is 26.2 Å². The van der Waals surface area contributed by atoms with Crippen LogP contribution in [0.5, 0.6) is 0 Å². The Morgan fingerprint density at radius 1 is 1.25 bits per heavy atom. The fraction of sp³-hybridized carbons (Fsp3) is 0.318. The fourth-order valence-corrected chi connectivity index (χ4v) is 3.49. The molecule has 0 radical (unpaired) electrons. The summed E-state index contributed by atoms with van der Waals surface area (Å²) in [7, 11) is 1.68. The van der Waals surface area contributed by atoms with Gasteiger partial charge in [-0.1, -0.05) is 24.3 Å². The number of anilines is 1. The highest BCUT2D eigenvalue weighted by Crippen LogP contribution is 2.24. The molecule has 0 saturated heterocycles. The summed E-state index contributed by atoms with van der Waals surface area (Å²) in [5.41, 5.74) is 2.86. The van der Waals surface area contributed by atoms with Crippen molar-refractivity contribution in [3.05, 3.63) is 70.4 Å². The number of hydrogen-bond acceptors (Lipinski definition) is 5. The van der Waals surface area contributed by atoms with E-state index < -0.39 is 0 Å². The average Bonchev–Trinajstić information content (AvgIpc) is 2.74. The second-order valence-electron chi connectivity index (χ2n) is 7.10. The number of nitrogens with one attached hydrogen (secondary N) is 1. The molecule has 6 heteroatoms. The summed E-state index contributed by atoms with van der Waals surface area (Å²) in [5, 5.41) is 3.40. The minimum absolute atomic E-state index is 0.126. The number of methoxy groups -OCH3 is 1. The third-order valence-electron chi connectivity index (χ3n) is 5.08. The highest BCUT2D eigenvalue weighted by atomic mass is 16.5. The number of benzene rings is 1. The van der Waals surface area contributed by atoms with Crippen LogP contribution in [0.1, 0.15) is 25.5 Å². The van der Waals surface area contributed by atoms with E-state index in [1.165, 1.54) is 0 Å². The normalized spacial score (nSPS) is 18.1. The van der Waals surface area contributed by atoms with Gasteiger partial charge < -0.3 is 10.1 Å². The Hall–Kier alpha value is -3.15. The number of rotatable bonds is 5. The molecule has 2 heterocycles. The summed E-state index contributed by atoms with van der Waals surface area (Å²) >= 11 is 0. The van der Waals surface area contributed by atoms with Gasteiger partial charge in [-0.25, -0.2) is 9.55 Å². The molecule has 28 heavy (non-hydrogen) atoms. The zero-order chi connectivity index (χ0) is 19.5. The maximum Gasteiger partial charge on any atom is 0.285 e. The standard InChI is InChI=1S/C22H24N4O2/c1-15-8-13-19-20(24-15)21(27)26(17-6-4-3-5-7-17)22(25-19)23-14-16-9-11-18(28-2)12-10-16/h3-7,9,11-12,16H,8,10,13-14H2,1-2H3,(H,23,25). The quantitative estimate of drug-likeness (QED) is 0.862. The van der Waals surface area contributed by atoms with Crippen molar-refractivity contribution in [1.82, 2.24) is 9.55 Å². The summed E-state index contributed by atoms with van der Waals surface area (Å²) < 4.78 is 6.88. The van der Waals surface area contributed by atoms with Gasteiger partial charge in [-0.05, 0) is 56.4 Å². The Morgan fingerprint density at radius 2 is 2.07 bits per heavy atom. The summed E-state index contributed by atoms with van der Waals surface area (Å²) in [5.74, 6) is 1.77. The molecule has 0 amide bonds. The molecule has 0 fully saturated rings. The van der Waals surface area contributed by atoms with Gasteiger partial charge in [-0.3, -0.25) is 9.79 Å². The molecule has 1 unspecified atom stereocenters. The van der Waals surface area contributed by atoms with Gasteiger partial charge in [0.25, 0.3) is 5.56 Å². The Kier molecular flexibility index (Phi) is 5.10. The highest BCUT2D eigenvalue weighted by molar-refractivity contribution is 5.86. The van der Waals surface area contributed by atoms with Crippen LogP contribution in [0.4, 0.5) is 11.6 Å². The summed E-state index contributed by atoms with van der Waals surface area (Å²) in [4.78, 5) is 22.5. The fourth-order valence-electron chi connectivity index (χ4n) is 3.49. The monoisotopic (exact) mass is 376 g/mol. The number of para-hydroxylation sites is 1. The predicted octanol–water partition coefficient (Wildman–Crippen LogP) is 3.79. The van der Waals surface area contributed by atoms with E-state index in [-0.39, 0.29) is 5.56 Å². The molecule has 1 aliphatic heterocycles. The number of hydrogen-bond donors (Lipinski definition) is 1. The van der Waals surface area contributed by atoms with Crippen LogP contribution in [-0.4, -0.2) is 28.9 Å². The zero-order valence-corrected chi connectivity index (χ0v) is 16.2. The SMILES string of the molecule is COC1=CCC(CNc2nc3c(c(=O)n2-c2ccccc2)N=C(C)CC3)C=C1. The van der Waals surface area contributed by atoms with Crippen molar-refractivity contribution in [3.8, 4) is 5.69 Å². The molecule has 1 aromatic heterocycles. The first kappa shape index (κ1) is 18.2. The lowest BCUT2D eigenvalue weighted by Crippen LogP contribution is -2.28. The van der Waals surface area contributed by atoms with Crippen LogP contribution in [-0.2, 0) is 11.2 Å². The van der Waals surface area contributed by atoms with Gasteiger partial charge in [-0.15, -0.1) is 0 Å².